The first-order valence-corrected chi connectivity index (χ1v) is 9.57. The van der Waals surface area contributed by atoms with Crippen LogP contribution in [0.2, 0.25) is 0 Å². The summed E-state index contributed by atoms with van der Waals surface area (Å²) in [5.74, 6) is -0.0795. The molecule has 0 aliphatic carbocycles. The number of nitrogens with zero attached hydrogens (tertiary/aromatic N) is 2. The molecule has 25 heavy (non-hydrogen) atoms. The van der Waals surface area contributed by atoms with E-state index in [2.05, 4.69) is 35.4 Å². The summed E-state index contributed by atoms with van der Waals surface area (Å²) in [5, 5.41) is 22.4. The molecule has 2 aromatic carbocycles. The van der Waals surface area contributed by atoms with Crippen LogP contribution in [0.15, 0.2) is 46.8 Å². The fourth-order valence-corrected chi connectivity index (χ4v) is 4.05. The van der Waals surface area contributed by atoms with E-state index in [1.807, 2.05) is 12.1 Å². The van der Waals surface area contributed by atoms with Crippen molar-refractivity contribution in [2.75, 3.05) is 11.1 Å². The Morgan fingerprint density at radius 1 is 1.16 bits per heavy atom. The topological polar surface area (TPSA) is 58.0 Å². The lowest BCUT2D eigenvalue weighted by atomic mass is 10.1. The molecule has 3 rings (SSSR count). The third-order valence-corrected chi connectivity index (χ3v) is 5.93. The Morgan fingerprint density at radius 2 is 1.96 bits per heavy atom. The molecule has 0 fully saturated rings. The second-order valence-electron chi connectivity index (χ2n) is 5.59. The summed E-state index contributed by atoms with van der Waals surface area (Å²) >= 11 is 2.77. The summed E-state index contributed by atoms with van der Waals surface area (Å²) in [5.41, 5.74) is 3.67. The Bertz CT molecular complexity index is 869. The maximum Gasteiger partial charge on any atom is 0.210 e. The summed E-state index contributed by atoms with van der Waals surface area (Å²) in [6.45, 7) is 4.12. The van der Waals surface area contributed by atoms with Gasteiger partial charge in [-0.05, 0) is 37.1 Å². The van der Waals surface area contributed by atoms with E-state index in [1.165, 1.54) is 40.3 Å². The van der Waals surface area contributed by atoms with Gasteiger partial charge < -0.3 is 10.4 Å². The van der Waals surface area contributed by atoms with E-state index in [-0.39, 0.29) is 0 Å². The predicted octanol–water partition coefficient (Wildman–Crippen LogP) is 4.86. The number of thioether (sulfide) groups is 1. The number of hydrogen-bond acceptors (Lipinski definition) is 6. The van der Waals surface area contributed by atoms with Gasteiger partial charge in [0.25, 0.3) is 0 Å². The number of aryl methyl sites for hydroxylation is 1. The minimum absolute atomic E-state index is 0.299. The molecule has 1 atom stereocenters. The lowest BCUT2D eigenvalue weighted by Gasteiger charge is -2.10. The number of aromatic nitrogens is 2. The number of benzene rings is 2. The Labute approximate surface area is 154 Å². The van der Waals surface area contributed by atoms with E-state index in [0.717, 1.165) is 10.0 Å². The van der Waals surface area contributed by atoms with Gasteiger partial charge in [-0.1, -0.05) is 53.4 Å². The minimum Gasteiger partial charge on any atom is -0.387 e. The molecule has 0 bridgehead atoms. The zero-order chi connectivity index (χ0) is 17.8. The highest BCUT2D eigenvalue weighted by molar-refractivity contribution is 8.01. The molecule has 0 spiro atoms. The van der Waals surface area contributed by atoms with Crippen LogP contribution >= 0.6 is 23.1 Å². The van der Waals surface area contributed by atoms with Gasteiger partial charge in [0.1, 0.15) is 5.82 Å². The van der Waals surface area contributed by atoms with E-state index in [1.54, 1.807) is 18.2 Å². The Morgan fingerprint density at radius 3 is 2.76 bits per heavy atom. The van der Waals surface area contributed by atoms with Crippen molar-refractivity contribution in [1.82, 2.24) is 10.2 Å². The van der Waals surface area contributed by atoms with Crippen molar-refractivity contribution in [3.63, 3.8) is 0 Å². The van der Waals surface area contributed by atoms with Crippen molar-refractivity contribution < 1.29 is 9.50 Å². The smallest absolute Gasteiger partial charge is 0.210 e. The van der Waals surface area contributed by atoms with Crippen LogP contribution in [0.4, 0.5) is 15.2 Å². The van der Waals surface area contributed by atoms with Crippen molar-refractivity contribution in [2.24, 2.45) is 0 Å². The number of rotatable bonds is 6. The Balaban J connectivity index is 1.62. The van der Waals surface area contributed by atoms with Crippen LogP contribution in [0.5, 0.6) is 0 Å². The lowest BCUT2D eigenvalue weighted by Crippen LogP contribution is -2.03. The van der Waals surface area contributed by atoms with Crippen LogP contribution in [0.1, 0.15) is 22.8 Å². The first-order chi connectivity index (χ1) is 12.0. The molecule has 1 unspecified atom stereocenters. The Hall–Kier alpha value is -1.96. The molecule has 4 nitrogen and oxygen atoms in total. The molecule has 1 heterocycles. The van der Waals surface area contributed by atoms with Gasteiger partial charge >= 0.3 is 0 Å². The average molecular weight is 375 g/mol. The first kappa shape index (κ1) is 17.8. The van der Waals surface area contributed by atoms with E-state index in [9.17, 15) is 9.50 Å². The minimum atomic E-state index is -0.884. The number of aliphatic hydroxyl groups is 1. The summed E-state index contributed by atoms with van der Waals surface area (Å²) in [6.07, 6.45) is -0.884. The number of aliphatic hydroxyl groups excluding tert-OH is 1. The molecule has 7 heteroatoms. The first-order valence-electron chi connectivity index (χ1n) is 7.76. The molecule has 0 aliphatic rings. The normalized spacial score (nSPS) is 12.2. The third-order valence-electron chi connectivity index (χ3n) is 3.88. The zero-order valence-electron chi connectivity index (χ0n) is 13.9. The molecule has 0 aliphatic heterocycles. The van der Waals surface area contributed by atoms with Gasteiger partial charge in [-0.3, -0.25) is 0 Å². The highest BCUT2D eigenvalue weighted by atomic mass is 32.2. The number of halogens is 1. The van der Waals surface area contributed by atoms with Gasteiger partial charge in [-0.25, -0.2) is 4.39 Å². The van der Waals surface area contributed by atoms with Crippen molar-refractivity contribution in [3.05, 3.63) is 65.0 Å². The number of hydrogen-bond donors (Lipinski definition) is 2. The molecule has 0 saturated heterocycles. The fourth-order valence-electron chi connectivity index (χ4n) is 2.31. The largest absolute Gasteiger partial charge is 0.387 e. The van der Waals surface area contributed by atoms with Crippen molar-refractivity contribution >= 4 is 33.9 Å². The third kappa shape index (κ3) is 4.36. The summed E-state index contributed by atoms with van der Waals surface area (Å²) in [6, 6.07) is 12.3. The van der Waals surface area contributed by atoms with Gasteiger partial charge in [-0.15, -0.1) is 10.2 Å². The molecular weight excluding hydrogens is 357 g/mol. The standard InChI is InChI=1S/C18H18FN3OS2/c1-11-6-5-9-15(12(11)2)20-17-21-22-18(25-17)24-10-16(23)13-7-3-4-8-14(13)19/h3-9,16,23H,10H2,1-2H3,(H,20,21). The molecule has 0 saturated carbocycles. The second-order valence-corrected chi connectivity index (χ2v) is 7.84. The lowest BCUT2D eigenvalue weighted by molar-refractivity contribution is 0.199. The zero-order valence-corrected chi connectivity index (χ0v) is 15.5. The van der Waals surface area contributed by atoms with Crippen LogP contribution < -0.4 is 5.32 Å². The quantitative estimate of drug-likeness (QED) is 0.602. The fraction of sp³-hybridized carbons (Fsp3) is 0.222. The molecule has 0 amide bonds. The predicted molar refractivity (Wildman–Crippen MR) is 101 cm³/mol. The second kappa shape index (κ2) is 7.95. The van der Waals surface area contributed by atoms with Gasteiger partial charge in [-0.2, -0.15) is 0 Å². The van der Waals surface area contributed by atoms with E-state index >= 15 is 0 Å². The summed E-state index contributed by atoms with van der Waals surface area (Å²) < 4.78 is 14.4. The highest BCUT2D eigenvalue weighted by Gasteiger charge is 2.14. The van der Waals surface area contributed by atoms with Gasteiger partial charge in [0, 0.05) is 17.0 Å². The van der Waals surface area contributed by atoms with Crippen molar-refractivity contribution in [2.45, 2.75) is 24.3 Å². The molecule has 3 aromatic rings. The molecule has 130 valence electrons. The molecule has 2 N–H and O–H groups in total. The molecular formula is C18H18FN3OS2. The van der Waals surface area contributed by atoms with Gasteiger partial charge in [0.05, 0.1) is 6.10 Å². The van der Waals surface area contributed by atoms with Crippen molar-refractivity contribution in [1.29, 1.82) is 0 Å². The van der Waals surface area contributed by atoms with Gasteiger partial charge in [0.2, 0.25) is 5.13 Å². The van der Waals surface area contributed by atoms with Crippen LogP contribution in [0.3, 0.4) is 0 Å². The highest BCUT2D eigenvalue weighted by Crippen LogP contribution is 2.32. The van der Waals surface area contributed by atoms with E-state index in [0.29, 0.717) is 16.4 Å². The number of nitrogens with one attached hydrogen (secondary N) is 1. The van der Waals surface area contributed by atoms with Crippen LogP contribution in [-0.4, -0.2) is 21.1 Å². The van der Waals surface area contributed by atoms with Gasteiger partial charge in [0.15, 0.2) is 4.34 Å². The maximum absolute atomic E-state index is 13.7. The molecule has 1 aromatic heterocycles. The summed E-state index contributed by atoms with van der Waals surface area (Å²) in [7, 11) is 0. The summed E-state index contributed by atoms with van der Waals surface area (Å²) in [4.78, 5) is 0. The SMILES string of the molecule is Cc1cccc(Nc2nnc(SCC(O)c3ccccc3F)s2)c1C. The van der Waals surface area contributed by atoms with E-state index in [4.69, 9.17) is 0 Å². The maximum atomic E-state index is 13.7. The van der Waals surface area contributed by atoms with E-state index < -0.39 is 11.9 Å². The Kier molecular flexibility index (Phi) is 5.67. The number of anilines is 2. The van der Waals surface area contributed by atoms with Crippen LogP contribution in [0.25, 0.3) is 0 Å². The monoisotopic (exact) mass is 375 g/mol. The van der Waals surface area contributed by atoms with Crippen molar-refractivity contribution in [3.8, 4) is 0 Å². The molecule has 0 radical (unpaired) electrons. The van der Waals surface area contributed by atoms with Crippen LogP contribution in [0, 0.1) is 19.7 Å². The van der Waals surface area contributed by atoms with Crippen LogP contribution in [-0.2, 0) is 0 Å². The average Bonchev–Trinajstić information content (AvgIpc) is 3.05.